The molecule has 2 heterocycles. The van der Waals surface area contributed by atoms with E-state index in [-0.39, 0.29) is 0 Å². The number of benzene rings is 1. The summed E-state index contributed by atoms with van der Waals surface area (Å²) >= 11 is 0. The van der Waals surface area contributed by atoms with Crippen LogP contribution in [0.5, 0.6) is 0 Å². The summed E-state index contributed by atoms with van der Waals surface area (Å²) in [4.78, 5) is 2.64. The summed E-state index contributed by atoms with van der Waals surface area (Å²) in [5.41, 5.74) is 2.61. The first-order valence-corrected chi connectivity index (χ1v) is 11.6. The number of piperidine rings is 1. The molecule has 3 nitrogen and oxygen atoms in total. The first kappa shape index (κ1) is 21.1. The van der Waals surface area contributed by atoms with E-state index in [1.54, 1.807) is 0 Å². The van der Waals surface area contributed by atoms with Crippen molar-refractivity contribution in [1.29, 1.82) is 0 Å². The number of allylic oxidation sites excluding steroid dienone is 1. The highest BCUT2D eigenvalue weighted by Gasteiger charge is 2.13. The molecule has 1 aliphatic rings. The molecule has 3 heteroatoms. The molecule has 0 saturated carbocycles. The molecular weight excluding hydrogens is 342 g/mol. The third kappa shape index (κ3) is 5.94. The monoisotopic (exact) mass is 381 g/mol. The van der Waals surface area contributed by atoms with Gasteiger partial charge in [-0.15, -0.1) is 6.58 Å². The second kappa shape index (κ2) is 11.4. The summed E-state index contributed by atoms with van der Waals surface area (Å²) in [5.74, 6) is 0.803. The van der Waals surface area contributed by atoms with E-state index < -0.39 is 0 Å². The Morgan fingerprint density at radius 3 is 2.68 bits per heavy atom. The van der Waals surface area contributed by atoms with E-state index in [1.165, 1.54) is 87.6 Å². The zero-order chi connectivity index (χ0) is 19.6. The fraction of sp³-hybridized carbons (Fsp3) is 0.640. The zero-order valence-corrected chi connectivity index (χ0v) is 17.9. The summed E-state index contributed by atoms with van der Waals surface area (Å²) in [6, 6.07) is 8.80. The SMILES string of the molecule is C=CCC(CC)CCCCn1nc(CCCN2CCCCC2)c2ccccc21. The number of rotatable bonds is 12. The van der Waals surface area contributed by atoms with Gasteiger partial charge in [-0.25, -0.2) is 0 Å². The number of hydrogen-bond donors (Lipinski definition) is 0. The third-order valence-electron chi connectivity index (χ3n) is 6.38. The molecule has 1 fully saturated rings. The lowest BCUT2D eigenvalue weighted by Crippen LogP contribution is -2.30. The fourth-order valence-electron chi connectivity index (χ4n) is 4.62. The van der Waals surface area contributed by atoms with Crippen molar-refractivity contribution in [2.75, 3.05) is 19.6 Å². The van der Waals surface area contributed by atoms with Crippen LogP contribution in [-0.4, -0.2) is 34.3 Å². The molecule has 1 aliphatic heterocycles. The van der Waals surface area contributed by atoms with Crippen molar-refractivity contribution in [3.63, 3.8) is 0 Å². The maximum atomic E-state index is 5.03. The maximum absolute atomic E-state index is 5.03. The van der Waals surface area contributed by atoms with Crippen LogP contribution in [0.25, 0.3) is 10.9 Å². The lowest BCUT2D eigenvalue weighted by Gasteiger charge is -2.26. The molecule has 1 aromatic carbocycles. The van der Waals surface area contributed by atoms with Gasteiger partial charge in [-0.2, -0.15) is 5.10 Å². The highest BCUT2D eigenvalue weighted by Crippen LogP contribution is 2.22. The van der Waals surface area contributed by atoms with Crippen molar-refractivity contribution >= 4 is 10.9 Å². The van der Waals surface area contributed by atoms with Crippen molar-refractivity contribution in [1.82, 2.24) is 14.7 Å². The molecule has 2 aromatic rings. The standard InChI is InChI=1S/C25H39N3/c1-3-13-22(4-2)14-8-11-21-28-25-17-7-6-15-23(25)24(26-28)16-12-20-27-18-9-5-10-19-27/h3,6-7,15,17,22H,1,4-5,8-14,16,18-21H2,2H3. The van der Waals surface area contributed by atoms with Crippen molar-refractivity contribution in [3.8, 4) is 0 Å². The van der Waals surface area contributed by atoms with Gasteiger partial charge in [0.1, 0.15) is 0 Å². The minimum atomic E-state index is 0.803. The van der Waals surface area contributed by atoms with Crippen molar-refractivity contribution < 1.29 is 0 Å². The molecule has 0 amide bonds. The topological polar surface area (TPSA) is 21.1 Å². The largest absolute Gasteiger partial charge is 0.303 e. The lowest BCUT2D eigenvalue weighted by atomic mass is 9.96. The average molecular weight is 382 g/mol. The van der Waals surface area contributed by atoms with E-state index in [1.807, 2.05) is 0 Å². The Labute approximate surface area is 171 Å². The van der Waals surface area contributed by atoms with E-state index in [0.717, 1.165) is 25.3 Å². The van der Waals surface area contributed by atoms with Crippen LogP contribution in [0, 0.1) is 5.92 Å². The molecule has 0 bridgehead atoms. The van der Waals surface area contributed by atoms with Gasteiger partial charge in [0.15, 0.2) is 0 Å². The number of para-hydroxylation sites is 1. The molecule has 1 saturated heterocycles. The molecule has 0 spiro atoms. The molecule has 154 valence electrons. The average Bonchev–Trinajstić information content (AvgIpc) is 3.09. The molecule has 0 radical (unpaired) electrons. The predicted octanol–water partition coefficient (Wildman–Crippen LogP) is 6.23. The lowest BCUT2D eigenvalue weighted by molar-refractivity contribution is 0.226. The molecule has 28 heavy (non-hydrogen) atoms. The van der Waals surface area contributed by atoms with Gasteiger partial charge < -0.3 is 4.90 Å². The summed E-state index contributed by atoms with van der Waals surface area (Å²) in [6.45, 7) is 11.0. The Morgan fingerprint density at radius 2 is 1.89 bits per heavy atom. The summed E-state index contributed by atoms with van der Waals surface area (Å²) < 4.78 is 2.26. The van der Waals surface area contributed by atoms with E-state index in [0.29, 0.717) is 0 Å². The van der Waals surface area contributed by atoms with Gasteiger partial charge >= 0.3 is 0 Å². The minimum Gasteiger partial charge on any atom is -0.303 e. The summed E-state index contributed by atoms with van der Waals surface area (Å²) in [5, 5.41) is 6.39. The number of nitrogens with zero attached hydrogens (tertiary/aromatic N) is 3. The summed E-state index contributed by atoms with van der Waals surface area (Å²) in [7, 11) is 0. The number of aromatic nitrogens is 2. The van der Waals surface area contributed by atoms with Gasteiger partial charge in [-0.1, -0.05) is 56.9 Å². The third-order valence-corrected chi connectivity index (χ3v) is 6.38. The molecule has 1 atom stereocenters. The van der Waals surface area contributed by atoms with E-state index in [2.05, 4.69) is 53.4 Å². The molecule has 3 rings (SSSR count). The maximum Gasteiger partial charge on any atom is 0.0703 e. The van der Waals surface area contributed by atoms with Gasteiger partial charge in [0.05, 0.1) is 11.2 Å². The van der Waals surface area contributed by atoms with Crippen molar-refractivity contribution in [2.24, 2.45) is 5.92 Å². The number of aryl methyl sites for hydroxylation is 2. The molecule has 0 N–H and O–H groups in total. The van der Waals surface area contributed by atoms with Crippen molar-refractivity contribution in [3.05, 3.63) is 42.6 Å². The van der Waals surface area contributed by atoms with Crippen LogP contribution in [-0.2, 0) is 13.0 Å². The second-order valence-corrected chi connectivity index (χ2v) is 8.49. The van der Waals surface area contributed by atoms with Crippen LogP contribution in [0.15, 0.2) is 36.9 Å². The minimum absolute atomic E-state index is 0.803. The number of hydrogen-bond acceptors (Lipinski definition) is 2. The number of fused-ring (bicyclic) bond motifs is 1. The number of likely N-dealkylation sites (tertiary alicyclic amines) is 1. The van der Waals surface area contributed by atoms with Crippen LogP contribution < -0.4 is 0 Å². The first-order chi connectivity index (χ1) is 13.8. The van der Waals surface area contributed by atoms with Gasteiger partial charge in [-0.3, -0.25) is 4.68 Å². The Balaban J connectivity index is 1.53. The highest BCUT2D eigenvalue weighted by atomic mass is 15.3. The first-order valence-electron chi connectivity index (χ1n) is 11.6. The van der Waals surface area contributed by atoms with Gasteiger partial charge in [0.2, 0.25) is 0 Å². The van der Waals surface area contributed by atoms with Gasteiger partial charge in [0, 0.05) is 11.9 Å². The normalized spacial score (nSPS) is 16.5. The second-order valence-electron chi connectivity index (χ2n) is 8.49. The van der Waals surface area contributed by atoms with Crippen LogP contribution in [0.3, 0.4) is 0 Å². The Kier molecular flexibility index (Phi) is 8.60. The molecular formula is C25H39N3. The summed E-state index contributed by atoms with van der Waals surface area (Å²) in [6.07, 6.45) is 14.8. The highest BCUT2D eigenvalue weighted by molar-refractivity contribution is 5.81. The Hall–Kier alpha value is -1.61. The predicted molar refractivity (Wildman–Crippen MR) is 121 cm³/mol. The molecule has 0 aliphatic carbocycles. The van der Waals surface area contributed by atoms with Gasteiger partial charge in [0.25, 0.3) is 0 Å². The van der Waals surface area contributed by atoms with Crippen molar-refractivity contribution in [2.45, 2.75) is 77.7 Å². The fourth-order valence-corrected chi connectivity index (χ4v) is 4.62. The molecule has 1 unspecified atom stereocenters. The molecule has 1 aromatic heterocycles. The van der Waals surface area contributed by atoms with Crippen LogP contribution in [0.2, 0.25) is 0 Å². The van der Waals surface area contributed by atoms with E-state index in [9.17, 15) is 0 Å². The van der Waals surface area contributed by atoms with E-state index in [4.69, 9.17) is 5.10 Å². The Morgan fingerprint density at radius 1 is 1.07 bits per heavy atom. The number of unbranched alkanes of at least 4 members (excludes halogenated alkanes) is 1. The van der Waals surface area contributed by atoms with Crippen LogP contribution in [0.4, 0.5) is 0 Å². The van der Waals surface area contributed by atoms with Crippen LogP contribution in [0.1, 0.15) is 70.4 Å². The zero-order valence-electron chi connectivity index (χ0n) is 17.9. The van der Waals surface area contributed by atoms with Crippen LogP contribution >= 0.6 is 0 Å². The van der Waals surface area contributed by atoms with E-state index >= 15 is 0 Å². The van der Waals surface area contributed by atoms with Gasteiger partial charge in [-0.05, 0) is 70.1 Å². The quantitative estimate of drug-likeness (QED) is 0.321. The smallest absolute Gasteiger partial charge is 0.0703 e. The Bertz CT molecular complexity index is 712.